The highest BCUT2D eigenvalue weighted by molar-refractivity contribution is 5.95. The van der Waals surface area contributed by atoms with E-state index in [1.54, 1.807) is 13.0 Å². The molecule has 1 saturated heterocycles. The van der Waals surface area contributed by atoms with Crippen LogP contribution in [0.2, 0.25) is 0 Å². The number of hydrogen-bond donors (Lipinski definition) is 1. The average Bonchev–Trinajstić information content (AvgIpc) is 2.95. The SMILES string of the molecule is CC(=O)c1ccc(N(Cc2cc(C#N)ccc2F)C2CCN([C@H](C)CCc3cc(C)c(C(N)=O)c(C)n3)CC2)cc1. The fraction of sp³-hybridized carbons (Fsp3) is 0.394. The Hall–Kier alpha value is -4.09. The van der Waals surface area contributed by atoms with Crippen molar-refractivity contribution in [2.24, 2.45) is 5.73 Å². The van der Waals surface area contributed by atoms with Crippen LogP contribution in [0.4, 0.5) is 10.1 Å². The second-order valence-corrected chi connectivity index (χ2v) is 11.1. The number of nitrogens with zero attached hydrogens (tertiary/aromatic N) is 4. The largest absolute Gasteiger partial charge is 0.366 e. The maximum Gasteiger partial charge on any atom is 0.250 e. The second-order valence-electron chi connectivity index (χ2n) is 11.1. The molecule has 1 aromatic heterocycles. The Morgan fingerprint density at radius 3 is 2.41 bits per heavy atom. The number of amides is 1. The van der Waals surface area contributed by atoms with Crippen molar-refractivity contribution in [2.45, 2.75) is 72.0 Å². The molecule has 8 heteroatoms. The number of primary amides is 1. The lowest BCUT2D eigenvalue weighted by Gasteiger charge is -2.42. The third-order valence-electron chi connectivity index (χ3n) is 8.20. The summed E-state index contributed by atoms with van der Waals surface area (Å²) in [6, 6.07) is 16.6. The summed E-state index contributed by atoms with van der Waals surface area (Å²) in [6.07, 6.45) is 3.56. The first-order valence-corrected chi connectivity index (χ1v) is 14.1. The number of Topliss-reactive ketones (excluding diaryl/α,β-unsaturated/α-hetero) is 1. The first-order valence-electron chi connectivity index (χ1n) is 14.1. The number of benzene rings is 2. The smallest absolute Gasteiger partial charge is 0.250 e. The molecule has 1 amide bonds. The first kappa shape index (κ1) is 29.9. The monoisotopic (exact) mass is 555 g/mol. The lowest BCUT2D eigenvalue weighted by Crippen LogP contribution is -2.47. The van der Waals surface area contributed by atoms with Crippen LogP contribution in [0.3, 0.4) is 0 Å². The number of nitriles is 1. The van der Waals surface area contributed by atoms with Gasteiger partial charge in [0.25, 0.3) is 5.91 Å². The number of carbonyl (C=O) groups is 2. The summed E-state index contributed by atoms with van der Waals surface area (Å²) < 4.78 is 14.8. The molecule has 214 valence electrons. The number of hydrogen-bond acceptors (Lipinski definition) is 6. The zero-order valence-electron chi connectivity index (χ0n) is 24.3. The molecular formula is C33H38FN5O2. The summed E-state index contributed by atoms with van der Waals surface area (Å²) in [6.45, 7) is 9.65. The van der Waals surface area contributed by atoms with E-state index in [4.69, 9.17) is 5.73 Å². The number of pyridine rings is 1. The molecule has 0 unspecified atom stereocenters. The van der Waals surface area contributed by atoms with E-state index in [1.165, 1.54) is 12.1 Å². The van der Waals surface area contributed by atoms with Gasteiger partial charge in [-0.3, -0.25) is 14.6 Å². The van der Waals surface area contributed by atoms with Crippen molar-refractivity contribution >= 4 is 17.4 Å². The fourth-order valence-corrected chi connectivity index (χ4v) is 5.86. The van der Waals surface area contributed by atoms with Crippen molar-refractivity contribution in [1.29, 1.82) is 5.26 Å². The number of rotatable bonds is 10. The number of aryl methyl sites for hydroxylation is 3. The number of anilines is 1. The lowest BCUT2D eigenvalue weighted by atomic mass is 9.97. The fourth-order valence-electron chi connectivity index (χ4n) is 5.86. The van der Waals surface area contributed by atoms with Crippen LogP contribution < -0.4 is 10.6 Å². The van der Waals surface area contributed by atoms with E-state index in [0.29, 0.717) is 40.5 Å². The van der Waals surface area contributed by atoms with E-state index in [0.717, 1.165) is 55.7 Å². The van der Waals surface area contributed by atoms with E-state index in [9.17, 15) is 19.2 Å². The normalized spacial score (nSPS) is 14.8. The van der Waals surface area contributed by atoms with Crippen molar-refractivity contribution in [1.82, 2.24) is 9.88 Å². The number of aromatic nitrogens is 1. The van der Waals surface area contributed by atoms with Gasteiger partial charge in [-0.1, -0.05) is 0 Å². The Kier molecular flexibility index (Phi) is 9.51. The number of carbonyl (C=O) groups excluding carboxylic acids is 2. The van der Waals surface area contributed by atoms with Crippen LogP contribution in [0.1, 0.15) is 81.9 Å². The predicted molar refractivity (Wildman–Crippen MR) is 158 cm³/mol. The van der Waals surface area contributed by atoms with Crippen LogP contribution in [-0.2, 0) is 13.0 Å². The second kappa shape index (κ2) is 13.0. The molecule has 2 heterocycles. The first-order chi connectivity index (χ1) is 19.6. The van der Waals surface area contributed by atoms with Gasteiger partial charge >= 0.3 is 0 Å². The Bertz CT molecular complexity index is 1430. The molecular weight excluding hydrogens is 517 g/mol. The number of nitrogens with two attached hydrogens (primary N) is 1. The Labute approximate surface area is 241 Å². The van der Waals surface area contributed by atoms with Gasteiger partial charge in [0.2, 0.25) is 0 Å². The molecule has 2 aromatic carbocycles. The molecule has 1 atom stereocenters. The van der Waals surface area contributed by atoms with Gasteiger partial charge in [-0.15, -0.1) is 0 Å². The average molecular weight is 556 g/mol. The Morgan fingerprint density at radius 1 is 1.15 bits per heavy atom. The molecule has 41 heavy (non-hydrogen) atoms. The van der Waals surface area contributed by atoms with Crippen LogP contribution in [0.25, 0.3) is 0 Å². The summed E-state index contributed by atoms with van der Waals surface area (Å²) >= 11 is 0. The lowest BCUT2D eigenvalue weighted by molar-refractivity contribution is 0.0994. The van der Waals surface area contributed by atoms with Gasteiger partial charge in [-0.05, 0) is 107 Å². The summed E-state index contributed by atoms with van der Waals surface area (Å²) in [5.41, 5.74) is 11.0. The predicted octanol–water partition coefficient (Wildman–Crippen LogP) is 5.50. The molecule has 1 aliphatic rings. The molecule has 1 fully saturated rings. The zero-order chi connectivity index (χ0) is 29.7. The van der Waals surface area contributed by atoms with Crippen molar-refractivity contribution < 1.29 is 14.0 Å². The van der Waals surface area contributed by atoms with Gasteiger partial charge < -0.3 is 15.5 Å². The number of halogens is 1. The summed E-state index contributed by atoms with van der Waals surface area (Å²) in [4.78, 5) is 32.9. The van der Waals surface area contributed by atoms with Gasteiger partial charge in [0.15, 0.2) is 5.78 Å². The van der Waals surface area contributed by atoms with Crippen molar-refractivity contribution in [3.63, 3.8) is 0 Å². The minimum Gasteiger partial charge on any atom is -0.366 e. The van der Waals surface area contributed by atoms with E-state index < -0.39 is 5.91 Å². The highest BCUT2D eigenvalue weighted by Gasteiger charge is 2.28. The molecule has 1 aliphatic heterocycles. The molecule has 0 saturated carbocycles. The highest BCUT2D eigenvalue weighted by Crippen LogP contribution is 2.29. The maximum absolute atomic E-state index is 14.8. The zero-order valence-corrected chi connectivity index (χ0v) is 24.3. The van der Waals surface area contributed by atoms with Crippen LogP contribution >= 0.6 is 0 Å². The summed E-state index contributed by atoms with van der Waals surface area (Å²) in [5.74, 6) is -0.773. The molecule has 0 spiro atoms. The molecule has 3 aromatic rings. The molecule has 0 radical (unpaired) electrons. The molecule has 0 bridgehead atoms. The van der Waals surface area contributed by atoms with E-state index in [2.05, 4.69) is 27.8 Å². The standard InChI is InChI=1S/C33H38FN5O2/c1-21-17-28(37-23(3)32(21)33(36)41)9-5-22(2)38-15-13-30(14-16-38)39(29-10-7-26(8-11-29)24(4)40)20-27-18-25(19-35)6-12-31(27)34/h6-8,10-12,17-18,22,30H,5,9,13-16,20H2,1-4H3,(H2,36,41)/t22-/m1/s1. The summed E-state index contributed by atoms with van der Waals surface area (Å²) in [7, 11) is 0. The highest BCUT2D eigenvalue weighted by atomic mass is 19.1. The maximum atomic E-state index is 14.8. The minimum atomic E-state index is -0.445. The van der Waals surface area contributed by atoms with E-state index >= 15 is 0 Å². The van der Waals surface area contributed by atoms with E-state index in [-0.39, 0.29) is 17.6 Å². The number of likely N-dealkylation sites (tertiary alicyclic amines) is 1. The number of piperidine rings is 1. The molecule has 2 N–H and O–H groups in total. The Morgan fingerprint density at radius 2 is 1.83 bits per heavy atom. The van der Waals surface area contributed by atoms with Gasteiger partial charge in [0, 0.05) is 54.2 Å². The third kappa shape index (κ3) is 7.17. The molecule has 0 aliphatic carbocycles. The molecule has 4 rings (SSSR count). The van der Waals surface area contributed by atoms with Crippen LogP contribution in [-0.4, -0.2) is 46.7 Å². The van der Waals surface area contributed by atoms with Crippen molar-refractivity contribution in [3.8, 4) is 6.07 Å². The third-order valence-corrected chi connectivity index (χ3v) is 8.20. The van der Waals surface area contributed by atoms with Crippen LogP contribution in [0, 0.1) is 31.0 Å². The van der Waals surface area contributed by atoms with Gasteiger partial charge in [-0.2, -0.15) is 5.26 Å². The topological polar surface area (TPSA) is 103 Å². The van der Waals surface area contributed by atoms with Crippen LogP contribution in [0.15, 0.2) is 48.5 Å². The quantitative estimate of drug-likeness (QED) is 0.331. The Balaban J connectivity index is 1.45. The minimum absolute atomic E-state index is 0.00231. The van der Waals surface area contributed by atoms with Crippen molar-refractivity contribution in [2.75, 3.05) is 18.0 Å². The van der Waals surface area contributed by atoms with E-state index in [1.807, 2.05) is 44.2 Å². The number of ketones is 1. The van der Waals surface area contributed by atoms with Gasteiger partial charge in [-0.25, -0.2) is 4.39 Å². The van der Waals surface area contributed by atoms with Gasteiger partial charge in [0.05, 0.1) is 22.9 Å². The molecule has 7 nitrogen and oxygen atoms in total. The van der Waals surface area contributed by atoms with Crippen molar-refractivity contribution in [3.05, 3.63) is 93.6 Å². The van der Waals surface area contributed by atoms with Crippen LogP contribution in [0.5, 0.6) is 0 Å². The summed E-state index contributed by atoms with van der Waals surface area (Å²) in [5, 5.41) is 9.35. The van der Waals surface area contributed by atoms with Gasteiger partial charge in [0.1, 0.15) is 5.82 Å².